The molecule has 0 bridgehead atoms. The van der Waals surface area contributed by atoms with Gasteiger partial charge in [0.2, 0.25) is 0 Å². The highest BCUT2D eigenvalue weighted by Gasteiger charge is 2.32. The van der Waals surface area contributed by atoms with Crippen LogP contribution in [0.15, 0.2) is 30.3 Å². The first-order chi connectivity index (χ1) is 12.1. The Kier molecular flexibility index (Phi) is 5.57. The van der Waals surface area contributed by atoms with Crippen LogP contribution in [-0.4, -0.2) is 41.3 Å². The lowest BCUT2D eigenvalue weighted by Gasteiger charge is -2.36. The van der Waals surface area contributed by atoms with Gasteiger partial charge in [-0.05, 0) is 45.7 Å². The van der Waals surface area contributed by atoms with Crippen molar-refractivity contribution in [3.8, 4) is 5.69 Å². The molecule has 1 fully saturated rings. The summed E-state index contributed by atoms with van der Waals surface area (Å²) in [6.45, 7) is 8.84. The molecule has 0 spiro atoms. The Labute approximate surface area is 150 Å². The topological polar surface area (TPSA) is 59.3 Å². The van der Waals surface area contributed by atoms with Crippen molar-refractivity contribution in [3.63, 3.8) is 0 Å². The minimum Gasteiger partial charge on any atom is -0.396 e. The van der Waals surface area contributed by atoms with Crippen molar-refractivity contribution in [1.82, 2.24) is 15.1 Å². The number of hydrogen-bond donors (Lipinski definition) is 2. The Morgan fingerprint density at radius 2 is 1.92 bits per heavy atom. The molecular formula is C20H29N3O2. The molecule has 5 heteroatoms. The third-order valence-corrected chi connectivity index (χ3v) is 5.45. The number of hydrogen-bond acceptors (Lipinski definition) is 4. The van der Waals surface area contributed by atoms with E-state index in [1.165, 1.54) is 5.56 Å². The Bertz CT molecular complexity index is 690. The largest absolute Gasteiger partial charge is 0.396 e. The second-order valence-corrected chi connectivity index (χ2v) is 7.20. The van der Waals surface area contributed by atoms with Gasteiger partial charge in [-0.3, -0.25) is 0 Å². The van der Waals surface area contributed by atoms with E-state index >= 15 is 0 Å². The molecule has 2 aromatic rings. The maximum Gasteiger partial charge on any atom is 0.0648 e. The maximum absolute atomic E-state index is 9.87. The molecule has 25 heavy (non-hydrogen) atoms. The third-order valence-electron chi connectivity index (χ3n) is 5.45. The van der Waals surface area contributed by atoms with E-state index in [-0.39, 0.29) is 18.1 Å². The zero-order valence-electron chi connectivity index (χ0n) is 15.5. The molecule has 1 aromatic heterocycles. The van der Waals surface area contributed by atoms with Gasteiger partial charge in [-0.25, -0.2) is 4.68 Å². The second-order valence-electron chi connectivity index (χ2n) is 7.20. The lowest BCUT2D eigenvalue weighted by Crippen LogP contribution is -2.42. The fourth-order valence-electron chi connectivity index (χ4n) is 3.77. The number of aryl methyl sites for hydroxylation is 1. The van der Waals surface area contributed by atoms with Gasteiger partial charge in [0.1, 0.15) is 0 Å². The fraction of sp³-hybridized carbons (Fsp3) is 0.550. The maximum atomic E-state index is 9.87. The van der Waals surface area contributed by atoms with Crippen molar-refractivity contribution in [3.05, 3.63) is 47.3 Å². The monoisotopic (exact) mass is 343 g/mol. The third kappa shape index (κ3) is 3.78. The van der Waals surface area contributed by atoms with Crippen LogP contribution in [0.25, 0.3) is 5.69 Å². The Morgan fingerprint density at radius 1 is 1.24 bits per heavy atom. The number of benzene rings is 1. The van der Waals surface area contributed by atoms with E-state index in [0.717, 1.165) is 49.7 Å². The smallest absolute Gasteiger partial charge is 0.0648 e. The molecule has 136 valence electrons. The van der Waals surface area contributed by atoms with Crippen molar-refractivity contribution >= 4 is 0 Å². The van der Waals surface area contributed by atoms with Crippen LogP contribution in [0.2, 0.25) is 0 Å². The first kappa shape index (κ1) is 18.1. The van der Waals surface area contributed by atoms with Crippen molar-refractivity contribution in [2.75, 3.05) is 26.4 Å². The van der Waals surface area contributed by atoms with Crippen molar-refractivity contribution in [2.24, 2.45) is 5.41 Å². The minimum absolute atomic E-state index is 0.0657. The molecule has 2 N–H and O–H groups in total. The predicted octanol–water partition coefficient (Wildman–Crippen LogP) is 2.93. The number of aliphatic hydroxyl groups is 1. The van der Waals surface area contributed by atoms with Gasteiger partial charge >= 0.3 is 0 Å². The second kappa shape index (κ2) is 7.68. The van der Waals surface area contributed by atoms with E-state index in [1.54, 1.807) is 0 Å². The van der Waals surface area contributed by atoms with Gasteiger partial charge in [0, 0.05) is 42.5 Å². The summed E-state index contributed by atoms with van der Waals surface area (Å²) in [5.74, 6) is 0. The Morgan fingerprint density at radius 3 is 2.56 bits per heavy atom. The average Bonchev–Trinajstić information content (AvgIpc) is 2.95. The first-order valence-electron chi connectivity index (χ1n) is 9.10. The summed E-state index contributed by atoms with van der Waals surface area (Å²) in [5, 5.41) is 18.3. The fourth-order valence-corrected chi connectivity index (χ4v) is 3.77. The van der Waals surface area contributed by atoms with Gasteiger partial charge in [-0.2, -0.15) is 5.10 Å². The molecule has 1 aliphatic rings. The van der Waals surface area contributed by atoms with E-state index in [2.05, 4.69) is 38.2 Å². The predicted molar refractivity (Wildman–Crippen MR) is 99.0 cm³/mol. The summed E-state index contributed by atoms with van der Waals surface area (Å²) in [7, 11) is 0. The molecule has 0 aliphatic carbocycles. The van der Waals surface area contributed by atoms with Crippen LogP contribution in [0.4, 0.5) is 0 Å². The zero-order chi connectivity index (χ0) is 17.9. The highest BCUT2D eigenvalue weighted by atomic mass is 16.5. The highest BCUT2D eigenvalue weighted by molar-refractivity contribution is 5.38. The molecule has 1 unspecified atom stereocenters. The lowest BCUT2D eigenvalue weighted by atomic mass is 9.80. The lowest BCUT2D eigenvalue weighted by molar-refractivity contribution is -0.0163. The molecule has 0 radical (unpaired) electrons. The molecule has 0 saturated carbocycles. The normalized spacial score (nSPS) is 18.2. The van der Waals surface area contributed by atoms with Crippen LogP contribution in [-0.2, 0) is 4.74 Å². The Hall–Kier alpha value is -1.69. The average molecular weight is 343 g/mol. The first-order valence-corrected chi connectivity index (χ1v) is 9.10. The van der Waals surface area contributed by atoms with Gasteiger partial charge in [0.25, 0.3) is 0 Å². The summed E-state index contributed by atoms with van der Waals surface area (Å²) < 4.78 is 7.47. The van der Waals surface area contributed by atoms with Crippen molar-refractivity contribution < 1.29 is 9.84 Å². The summed E-state index contributed by atoms with van der Waals surface area (Å²) >= 11 is 0. The van der Waals surface area contributed by atoms with Crippen LogP contribution < -0.4 is 5.32 Å². The van der Waals surface area contributed by atoms with Crippen molar-refractivity contribution in [1.29, 1.82) is 0 Å². The van der Waals surface area contributed by atoms with Crippen LogP contribution in [0, 0.1) is 19.3 Å². The number of aliphatic hydroxyl groups excluding tert-OH is 1. The van der Waals surface area contributed by atoms with Gasteiger partial charge in [-0.15, -0.1) is 0 Å². The van der Waals surface area contributed by atoms with E-state index in [1.807, 2.05) is 22.9 Å². The van der Waals surface area contributed by atoms with E-state index in [4.69, 9.17) is 9.84 Å². The molecule has 1 aliphatic heterocycles. The van der Waals surface area contributed by atoms with Crippen LogP contribution >= 0.6 is 0 Å². The highest BCUT2D eigenvalue weighted by Crippen LogP contribution is 2.31. The van der Waals surface area contributed by atoms with E-state index < -0.39 is 0 Å². The molecule has 3 rings (SSSR count). The van der Waals surface area contributed by atoms with E-state index in [0.29, 0.717) is 0 Å². The van der Waals surface area contributed by atoms with Crippen LogP contribution in [0.1, 0.15) is 42.8 Å². The van der Waals surface area contributed by atoms with Crippen molar-refractivity contribution in [2.45, 2.75) is 39.7 Å². The van der Waals surface area contributed by atoms with Gasteiger partial charge in [-0.1, -0.05) is 18.2 Å². The summed E-state index contributed by atoms with van der Waals surface area (Å²) in [6, 6.07) is 10.4. The molecule has 1 saturated heterocycles. The molecule has 1 atom stereocenters. The number of aromatic nitrogens is 2. The molecule has 5 nitrogen and oxygen atoms in total. The summed E-state index contributed by atoms with van der Waals surface area (Å²) in [6.07, 6.45) is 1.81. The number of nitrogens with one attached hydrogen (secondary N) is 1. The number of rotatable bonds is 6. The van der Waals surface area contributed by atoms with Crippen LogP contribution in [0.5, 0.6) is 0 Å². The summed E-state index contributed by atoms with van der Waals surface area (Å²) in [4.78, 5) is 0. The number of ether oxygens (including phenoxy) is 1. The Balaban J connectivity index is 1.76. The molecule has 1 aromatic carbocycles. The minimum atomic E-state index is -0.0657. The SMILES string of the molecule is Cc1nn(-c2ccccc2)c(C)c1C(C)NCC1(CO)CCOCC1. The van der Waals surface area contributed by atoms with Gasteiger partial charge in [0.05, 0.1) is 18.0 Å². The van der Waals surface area contributed by atoms with Gasteiger partial charge in [0.15, 0.2) is 0 Å². The molecule has 2 heterocycles. The van der Waals surface area contributed by atoms with E-state index in [9.17, 15) is 5.11 Å². The molecule has 0 amide bonds. The molecular weight excluding hydrogens is 314 g/mol. The van der Waals surface area contributed by atoms with Gasteiger partial charge < -0.3 is 15.2 Å². The number of nitrogens with zero attached hydrogens (tertiary/aromatic N) is 2. The summed E-state index contributed by atoms with van der Waals surface area (Å²) in [5.41, 5.74) is 4.46. The zero-order valence-corrected chi connectivity index (χ0v) is 15.5. The standard InChI is InChI=1S/C20H29N3O2/c1-15(21-13-20(14-24)9-11-25-12-10-20)19-16(2)22-23(17(19)3)18-7-5-4-6-8-18/h4-8,15,21,24H,9-14H2,1-3H3. The number of para-hydroxylation sites is 1. The van der Waals surface area contributed by atoms with Crippen LogP contribution in [0.3, 0.4) is 0 Å². The quantitative estimate of drug-likeness (QED) is 0.847.